The maximum absolute atomic E-state index is 2.62. The third-order valence-corrected chi connectivity index (χ3v) is 18.9. The monoisotopic (exact) mass is 1080 g/mol. The molecule has 418 valence electrons. The maximum atomic E-state index is 2.62. The summed E-state index contributed by atoms with van der Waals surface area (Å²) in [6.07, 6.45) is 20.2. The van der Waals surface area contributed by atoms with Gasteiger partial charge in [-0.3, -0.25) is 0 Å². The van der Waals surface area contributed by atoms with Crippen molar-refractivity contribution < 1.29 is 0 Å². The number of rotatable bonds is 21. The number of fused-ring (bicyclic) bond motifs is 3. The number of benzene rings is 10. The van der Waals surface area contributed by atoms with Crippen molar-refractivity contribution in [2.24, 2.45) is 0 Å². The second-order valence-corrected chi connectivity index (χ2v) is 24.2. The Labute approximate surface area is 498 Å². The third kappa shape index (κ3) is 11.8. The van der Waals surface area contributed by atoms with Gasteiger partial charge in [-0.1, -0.05) is 305 Å². The number of hydrogen-bond donors (Lipinski definition) is 0. The Hall–Kier alpha value is -7.80. The molecule has 2 aliphatic carbocycles. The Balaban J connectivity index is 0.00000721. The van der Waals surface area contributed by atoms with Gasteiger partial charge in [-0.25, -0.2) is 0 Å². The first-order valence-electron chi connectivity index (χ1n) is 31.5. The van der Waals surface area contributed by atoms with E-state index < -0.39 is 5.41 Å². The van der Waals surface area contributed by atoms with Crippen LogP contribution in [0.25, 0.3) is 77.9 Å². The second-order valence-electron chi connectivity index (χ2n) is 24.2. The largest absolute Gasteiger partial charge is 0.0776 e. The van der Waals surface area contributed by atoms with Crippen molar-refractivity contribution in [2.75, 3.05) is 0 Å². The van der Waals surface area contributed by atoms with E-state index in [0.29, 0.717) is 5.92 Å². The normalized spacial score (nSPS) is 14.3. The average molecular weight is 1080 g/mol. The first-order valence-corrected chi connectivity index (χ1v) is 31.5. The van der Waals surface area contributed by atoms with E-state index in [-0.39, 0.29) is 12.8 Å². The van der Waals surface area contributed by atoms with Crippen LogP contribution in [0.5, 0.6) is 0 Å². The summed E-state index contributed by atoms with van der Waals surface area (Å²) in [5.74, 6) is 0.505. The summed E-state index contributed by atoms with van der Waals surface area (Å²) in [5.41, 5.74) is 25.8. The van der Waals surface area contributed by atoms with Crippen LogP contribution in [0.2, 0.25) is 0 Å². The van der Waals surface area contributed by atoms with Crippen molar-refractivity contribution in [3.05, 3.63) is 276 Å². The van der Waals surface area contributed by atoms with Gasteiger partial charge in [-0.2, -0.15) is 0 Å². The molecule has 83 heavy (non-hydrogen) atoms. The average Bonchev–Trinajstić information content (AvgIpc) is 3.80. The molecule has 0 aromatic heterocycles. The summed E-state index contributed by atoms with van der Waals surface area (Å²) in [6.45, 7) is 7.04. The highest BCUT2D eigenvalue weighted by atomic mass is 14.5. The highest BCUT2D eigenvalue weighted by molar-refractivity contribution is 5.88. The quantitative estimate of drug-likeness (QED) is 0.0629. The van der Waals surface area contributed by atoms with Gasteiger partial charge in [0.15, 0.2) is 0 Å². The minimum absolute atomic E-state index is 0. The predicted octanol–water partition coefficient (Wildman–Crippen LogP) is 24.3. The molecule has 0 heterocycles. The Kier molecular flexibility index (Phi) is 18.0. The van der Waals surface area contributed by atoms with E-state index >= 15 is 0 Å². The zero-order valence-electron chi connectivity index (χ0n) is 49.0. The predicted molar refractivity (Wildman–Crippen MR) is 358 cm³/mol. The molecule has 0 radical (unpaired) electrons. The van der Waals surface area contributed by atoms with E-state index in [1.807, 2.05) is 0 Å². The molecule has 0 amide bonds. The first kappa shape index (κ1) is 57.0. The minimum Gasteiger partial charge on any atom is -0.0776 e. The van der Waals surface area contributed by atoms with Crippen molar-refractivity contribution in [3.63, 3.8) is 0 Å². The molecule has 0 saturated heterocycles. The van der Waals surface area contributed by atoms with E-state index in [1.54, 1.807) is 0 Å². The van der Waals surface area contributed by atoms with Gasteiger partial charge in [0, 0.05) is 0 Å². The van der Waals surface area contributed by atoms with Crippen LogP contribution in [0.3, 0.4) is 0 Å². The molecule has 10 aromatic rings. The van der Waals surface area contributed by atoms with Gasteiger partial charge in [0.2, 0.25) is 0 Å². The lowest BCUT2D eigenvalue weighted by atomic mass is 9.65. The molecule has 1 saturated carbocycles. The van der Waals surface area contributed by atoms with Crippen LogP contribution >= 0.6 is 0 Å². The minimum atomic E-state index is -0.581. The van der Waals surface area contributed by atoms with Gasteiger partial charge >= 0.3 is 0 Å². The van der Waals surface area contributed by atoms with E-state index in [2.05, 4.69) is 263 Å². The zero-order chi connectivity index (χ0) is 55.7. The van der Waals surface area contributed by atoms with Gasteiger partial charge in [-0.05, 0) is 191 Å². The number of hydrogen-bond acceptors (Lipinski definition) is 0. The summed E-state index contributed by atoms with van der Waals surface area (Å²) < 4.78 is 0. The first-order chi connectivity index (χ1) is 40.5. The topological polar surface area (TPSA) is 0 Å². The summed E-state index contributed by atoms with van der Waals surface area (Å²) >= 11 is 0. The van der Waals surface area contributed by atoms with Crippen LogP contribution in [0.1, 0.15) is 170 Å². The lowest BCUT2D eigenvalue weighted by molar-refractivity contribution is 0.267. The molecular formula is C83H86. The van der Waals surface area contributed by atoms with E-state index in [4.69, 9.17) is 0 Å². The molecule has 1 fully saturated rings. The fourth-order valence-corrected chi connectivity index (χ4v) is 14.6. The van der Waals surface area contributed by atoms with Gasteiger partial charge in [0.05, 0.1) is 5.41 Å². The molecule has 0 aliphatic heterocycles. The van der Waals surface area contributed by atoms with Crippen LogP contribution in [0, 0.1) is 0 Å². The van der Waals surface area contributed by atoms with Crippen molar-refractivity contribution >= 4 is 0 Å². The van der Waals surface area contributed by atoms with Crippen LogP contribution in [0.15, 0.2) is 243 Å². The highest BCUT2D eigenvalue weighted by Crippen LogP contribution is 2.57. The van der Waals surface area contributed by atoms with Crippen molar-refractivity contribution in [3.8, 4) is 77.9 Å². The summed E-state index contributed by atoms with van der Waals surface area (Å²) in [5, 5.41) is 0. The molecule has 12 rings (SSSR count). The smallest absolute Gasteiger partial charge is 0.0713 e. The van der Waals surface area contributed by atoms with Crippen LogP contribution in [0.4, 0.5) is 0 Å². The molecule has 0 N–H and O–H groups in total. The Morgan fingerprint density at radius 3 is 1.19 bits per heavy atom. The molecule has 1 atom stereocenters. The van der Waals surface area contributed by atoms with Gasteiger partial charge in [0.1, 0.15) is 0 Å². The third-order valence-electron chi connectivity index (χ3n) is 18.9. The summed E-state index contributed by atoms with van der Waals surface area (Å²) in [4.78, 5) is 0. The fraction of sp³-hybridized carbons (Fsp3) is 0.277. The van der Waals surface area contributed by atoms with Crippen LogP contribution in [-0.4, -0.2) is 0 Å². The summed E-state index contributed by atoms with van der Waals surface area (Å²) in [7, 11) is 0. The van der Waals surface area contributed by atoms with Crippen molar-refractivity contribution in [1.82, 2.24) is 0 Å². The molecule has 0 spiro atoms. The highest BCUT2D eigenvalue weighted by Gasteiger charge is 2.46. The van der Waals surface area contributed by atoms with E-state index in [0.717, 1.165) is 0 Å². The summed E-state index contributed by atoms with van der Waals surface area (Å²) in [6, 6.07) is 93.6. The fourth-order valence-electron chi connectivity index (χ4n) is 14.6. The molecule has 0 nitrogen and oxygen atoms in total. The Morgan fingerprint density at radius 2 is 0.699 bits per heavy atom. The molecule has 10 aromatic carbocycles. The lowest BCUT2D eigenvalue weighted by Gasteiger charge is -2.39. The van der Waals surface area contributed by atoms with Crippen molar-refractivity contribution in [1.29, 1.82) is 0 Å². The molecule has 1 unspecified atom stereocenters. The maximum Gasteiger partial charge on any atom is 0.0713 e. The number of unbranched alkanes of at least 4 members (excludes halogenated alkanes) is 5. The standard InChI is InChI=1S/C82H82.CH4/c1-4-7-10-14-34-62(29-8-5-2)69-52-70(65-37-25-35-63(50-65)60-30-15-11-16-31-60)54-71(53-69)67-39-27-41-74(56-67)82(79-45-21-19-43-77(79)78-44-20-22-46-80(78)82)75-42-28-40-68(57-75)73-55-72(66-38-26-36-64(51-66)61-32-17-12-18-33-61)58-76(59-73)81(47-9-6-3)48-23-13-24-49-81;/h11-12,15-22,25-28,30-33,35-46,50-59,62H,4-10,13-14,23-24,29,34,47-49H2,1-3H3;1H4. The van der Waals surface area contributed by atoms with E-state index in [1.165, 1.54) is 214 Å². The van der Waals surface area contributed by atoms with Gasteiger partial charge < -0.3 is 0 Å². The van der Waals surface area contributed by atoms with Crippen molar-refractivity contribution in [2.45, 2.75) is 148 Å². The molecule has 0 bridgehead atoms. The van der Waals surface area contributed by atoms with Crippen LogP contribution < -0.4 is 0 Å². The van der Waals surface area contributed by atoms with Gasteiger partial charge in [-0.15, -0.1) is 0 Å². The zero-order valence-corrected chi connectivity index (χ0v) is 49.0. The lowest BCUT2D eigenvalue weighted by Crippen LogP contribution is -2.29. The second kappa shape index (κ2) is 26.2. The Bertz CT molecular complexity index is 3710. The molecule has 0 heteroatoms. The Morgan fingerprint density at radius 1 is 0.313 bits per heavy atom. The van der Waals surface area contributed by atoms with Gasteiger partial charge in [0.25, 0.3) is 0 Å². The van der Waals surface area contributed by atoms with E-state index in [9.17, 15) is 0 Å². The van der Waals surface area contributed by atoms with Crippen LogP contribution in [-0.2, 0) is 10.8 Å². The molecular weight excluding hydrogens is 997 g/mol. The molecule has 2 aliphatic rings. The SMILES string of the molecule is C.CCCCCCC(CCCC)c1cc(-c2cccc(-c3ccccc3)c2)cc(-c2cccc(C3(c4cccc(-c5cc(-c6cccc(-c7ccccc7)c6)cc(C6(CCCC)CCCCC6)c5)c4)c4ccccc4-c4ccccc43)c2)c1.